The van der Waals surface area contributed by atoms with Gasteiger partial charge in [-0.3, -0.25) is 4.98 Å². The van der Waals surface area contributed by atoms with E-state index in [0.29, 0.717) is 17.6 Å². The van der Waals surface area contributed by atoms with E-state index in [1.165, 1.54) is 0 Å². The van der Waals surface area contributed by atoms with Crippen LogP contribution in [0.25, 0.3) is 0 Å². The van der Waals surface area contributed by atoms with E-state index >= 15 is 0 Å². The highest BCUT2D eigenvalue weighted by Crippen LogP contribution is 2.18. The molecule has 0 fully saturated rings. The monoisotopic (exact) mass is 249 g/mol. The predicted octanol–water partition coefficient (Wildman–Crippen LogP) is 3.02. The SMILES string of the molecule is Cc1ccc(Oc2ncc(CCl)c(C)n2)cn1. The van der Waals surface area contributed by atoms with Gasteiger partial charge in [-0.1, -0.05) is 0 Å². The van der Waals surface area contributed by atoms with Gasteiger partial charge in [0.15, 0.2) is 0 Å². The van der Waals surface area contributed by atoms with Crippen molar-refractivity contribution in [2.45, 2.75) is 19.7 Å². The van der Waals surface area contributed by atoms with Gasteiger partial charge in [-0.05, 0) is 26.0 Å². The first-order valence-corrected chi connectivity index (χ1v) is 5.71. The van der Waals surface area contributed by atoms with E-state index in [2.05, 4.69) is 15.0 Å². The number of rotatable bonds is 3. The fraction of sp³-hybridized carbons (Fsp3) is 0.250. The molecule has 88 valence electrons. The van der Waals surface area contributed by atoms with Gasteiger partial charge in [-0.25, -0.2) is 4.98 Å². The van der Waals surface area contributed by atoms with Gasteiger partial charge in [0.1, 0.15) is 5.75 Å². The summed E-state index contributed by atoms with van der Waals surface area (Å²) in [6.45, 7) is 3.79. The second-order valence-electron chi connectivity index (χ2n) is 3.63. The first kappa shape index (κ1) is 11.8. The molecule has 0 aliphatic rings. The largest absolute Gasteiger partial charge is 0.423 e. The Morgan fingerprint density at radius 2 is 2.00 bits per heavy atom. The van der Waals surface area contributed by atoms with E-state index in [1.807, 2.05) is 26.0 Å². The number of halogens is 1. The zero-order chi connectivity index (χ0) is 12.3. The molecule has 0 aliphatic heterocycles. The number of pyridine rings is 1. The van der Waals surface area contributed by atoms with Gasteiger partial charge in [0, 0.05) is 23.1 Å². The first-order valence-electron chi connectivity index (χ1n) is 5.18. The van der Waals surface area contributed by atoms with Gasteiger partial charge in [0.05, 0.1) is 12.1 Å². The third kappa shape index (κ3) is 2.91. The first-order chi connectivity index (χ1) is 8.19. The van der Waals surface area contributed by atoms with Gasteiger partial charge in [0.2, 0.25) is 0 Å². The van der Waals surface area contributed by atoms with E-state index < -0.39 is 0 Å². The van der Waals surface area contributed by atoms with Crippen LogP contribution in [0.2, 0.25) is 0 Å². The molecular formula is C12H12ClN3O. The number of ether oxygens (including phenoxy) is 1. The molecule has 0 radical (unpaired) electrons. The molecular weight excluding hydrogens is 238 g/mol. The van der Waals surface area contributed by atoms with Crippen LogP contribution in [0.15, 0.2) is 24.5 Å². The standard InChI is InChI=1S/C12H12ClN3O/c1-8-3-4-11(7-14-8)17-12-15-6-10(5-13)9(2)16-12/h3-4,6-7H,5H2,1-2H3. The zero-order valence-electron chi connectivity index (χ0n) is 9.64. The summed E-state index contributed by atoms with van der Waals surface area (Å²) in [7, 11) is 0. The fourth-order valence-corrected chi connectivity index (χ4v) is 1.53. The summed E-state index contributed by atoms with van der Waals surface area (Å²) in [5, 5.41) is 0. The van der Waals surface area contributed by atoms with E-state index in [9.17, 15) is 0 Å². The Balaban J connectivity index is 2.19. The minimum Gasteiger partial charge on any atom is -0.423 e. The van der Waals surface area contributed by atoms with E-state index in [0.717, 1.165) is 17.0 Å². The van der Waals surface area contributed by atoms with Crippen LogP contribution in [0.1, 0.15) is 17.0 Å². The highest BCUT2D eigenvalue weighted by Gasteiger charge is 2.04. The molecule has 0 bridgehead atoms. The molecule has 0 atom stereocenters. The molecule has 5 heteroatoms. The lowest BCUT2D eigenvalue weighted by atomic mass is 10.3. The van der Waals surface area contributed by atoms with Crippen molar-refractivity contribution in [3.8, 4) is 11.8 Å². The van der Waals surface area contributed by atoms with Crippen molar-refractivity contribution in [1.29, 1.82) is 0 Å². The van der Waals surface area contributed by atoms with Crippen molar-refractivity contribution >= 4 is 11.6 Å². The third-order valence-electron chi connectivity index (χ3n) is 2.30. The maximum atomic E-state index is 5.73. The molecule has 0 N–H and O–H groups in total. The molecule has 2 aromatic heterocycles. The van der Waals surface area contributed by atoms with E-state index in [1.54, 1.807) is 12.4 Å². The summed E-state index contributed by atoms with van der Waals surface area (Å²) < 4.78 is 5.49. The minimum absolute atomic E-state index is 0.307. The number of nitrogens with zero attached hydrogens (tertiary/aromatic N) is 3. The maximum Gasteiger partial charge on any atom is 0.322 e. The molecule has 0 aromatic carbocycles. The number of hydrogen-bond acceptors (Lipinski definition) is 4. The lowest BCUT2D eigenvalue weighted by Gasteiger charge is -2.05. The van der Waals surface area contributed by atoms with Gasteiger partial charge >= 0.3 is 6.01 Å². The van der Waals surface area contributed by atoms with Crippen molar-refractivity contribution in [3.63, 3.8) is 0 Å². The van der Waals surface area contributed by atoms with Crippen LogP contribution in [-0.4, -0.2) is 15.0 Å². The normalized spacial score (nSPS) is 10.3. The third-order valence-corrected chi connectivity index (χ3v) is 2.58. The fourth-order valence-electron chi connectivity index (χ4n) is 1.27. The minimum atomic E-state index is 0.307. The van der Waals surface area contributed by atoms with Crippen LogP contribution < -0.4 is 4.74 Å². The number of aromatic nitrogens is 3. The van der Waals surface area contributed by atoms with Crippen molar-refractivity contribution < 1.29 is 4.74 Å². The van der Waals surface area contributed by atoms with E-state index in [-0.39, 0.29) is 0 Å². The molecule has 0 amide bonds. The summed E-state index contributed by atoms with van der Waals surface area (Å²) >= 11 is 5.73. The zero-order valence-corrected chi connectivity index (χ0v) is 10.4. The van der Waals surface area contributed by atoms with Crippen molar-refractivity contribution in [2.75, 3.05) is 0 Å². The average Bonchev–Trinajstić information content (AvgIpc) is 2.32. The highest BCUT2D eigenvalue weighted by molar-refractivity contribution is 6.17. The van der Waals surface area contributed by atoms with Gasteiger partial charge in [0.25, 0.3) is 0 Å². The van der Waals surface area contributed by atoms with Crippen LogP contribution in [-0.2, 0) is 5.88 Å². The van der Waals surface area contributed by atoms with Crippen LogP contribution in [0.3, 0.4) is 0 Å². The van der Waals surface area contributed by atoms with Crippen LogP contribution in [0.4, 0.5) is 0 Å². The smallest absolute Gasteiger partial charge is 0.322 e. The molecule has 0 aliphatic carbocycles. The highest BCUT2D eigenvalue weighted by atomic mass is 35.5. The Hall–Kier alpha value is -1.68. The summed E-state index contributed by atoms with van der Waals surface area (Å²) in [5.74, 6) is 1.02. The molecule has 2 heterocycles. The second-order valence-corrected chi connectivity index (χ2v) is 3.90. The van der Waals surface area contributed by atoms with E-state index in [4.69, 9.17) is 16.3 Å². The topological polar surface area (TPSA) is 47.9 Å². The lowest BCUT2D eigenvalue weighted by Crippen LogP contribution is -1.97. The quantitative estimate of drug-likeness (QED) is 0.785. The number of aryl methyl sites for hydroxylation is 2. The molecule has 0 saturated heterocycles. The Morgan fingerprint density at radius 3 is 2.59 bits per heavy atom. The molecule has 0 spiro atoms. The molecule has 2 aromatic rings. The summed E-state index contributed by atoms with van der Waals surface area (Å²) in [4.78, 5) is 12.4. The second kappa shape index (κ2) is 5.10. The summed E-state index contributed by atoms with van der Waals surface area (Å²) in [6, 6.07) is 4.01. The van der Waals surface area contributed by atoms with Crippen molar-refractivity contribution in [3.05, 3.63) is 41.5 Å². The Labute approximate surface area is 105 Å². The van der Waals surface area contributed by atoms with Gasteiger partial charge in [-0.2, -0.15) is 4.98 Å². The Kier molecular flexibility index (Phi) is 3.54. The van der Waals surface area contributed by atoms with Crippen LogP contribution >= 0.6 is 11.6 Å². The molecule has 0 unspecified atom stereocenters. The van der Waals surface area contributed by atoms with Gasteiger partial charge < -0.3 is 4.74 Å². The van der Waals surface area contributed by atoms with Crippen molar-refractivity contribution in [2.24, 2.45) is 0 Å². The summed E-state index contributed by atoms with van der Waals surface area (Å²) in [6.07, 6.45) is 3.32. The number of alkyl halides is 1. The molecule has 2 rings (SSSR count). The van der Waals surface area contributed by atoms with Crippen molar-refractivity contribution in [1.82, 2.24) is 15.0 Å². The summed E-state index contributed by atoms with van der Waals surface area (Å²) in [5.41, 5.74) is 2.66. The van der Waals surface area contributed by atoms with Gasteiger partial charge in [-0.15, -0.1) is 11.6 Å². The Morgan fingerprint density at radius 1 is 1.18 bits per heavy atom. The number of hydrogen-bond donors (Lipinski definition) is 0. The van der Waals surface area contributed by atoms with Crippen LogP contribution in [0, 0.1) is 13.8 Å². The molecule has 0 saturated carbocycles. The molecule has 17 heavy (non-hydrogen) atoms. The lowest BCUT2D eigenvalue weighted by molar-refractivity contribution is 0.437. The maximum absolute atomic E-state index is 5.73. The van der Waals surface area contributed by atoms with Crippen LogP contribution in [0.5, 0.6) is 11.8 Å². The Bertz CT molecular complexity index is 514. The predicted molar refractivity (Wildman–Crippen MR) is 65.4 cm³/mol. The average molecular weight is 250 g/mol. The molecule has 4 nitrogen and oxygen atoms in total.